The minimum Gasteiger partial charge on any atom is -0.494 e. The third-order valence-electron chi connectivity index (χ3n) is 5.53. The van der Waals surface area contributed by atoms with Crippen molar-refractivity contribution in [3.8, 4) is 28.6 Å². The second-order valence-corrected chi connectivity index (χ2v) is 9.78. The molecular formula is C24H24FN7O4S. The van der Waals surface area contributed by atoms with Crippen LogP contribution in [0, 0.1) is 12.7 Å². The highest BCUT2D eigenvalue weighted by Crippen LogP contribution is 2.38. The molecule has 192 valence electrons. The van der Waals surface area contributed by atoms with Gasteiger partial charge in [0, 0.05) is 23.5 Å². The van der Waals surface area contributed by atoms with Crippen LogP contribution in [0.4, 0.5) is 10.3 Å². The topological polar surface area (TPSA) is 134 Å². The minimum atomic E-state index is -4.18. The molecule has 11 nitrogen and oxygen atoms in total. The first-order chi connectivity index (χ1) is 17.7. The van der Waals surface area contributed by atoms with E-state index in [1.165, 1.54) is 32.6 Å². The Bertz CT molecular complexity index is 1560. The number of pyridine rings is 1. The normalized spacial score (nSPS) is 12.2. The molecule has 0 spiro atoms. The number of halogens is 1. The first-order valence-corrected chi connectivity index (χ1v) is 12.4. The van der Waals surface area contributed by atoms with Gasteiger partial charge in [-0.3, -0.25) is 9.55 Å². The average Bonchev–Trinajstić information content (AvgIpc) is 3.29. The van der Waals surface area contributed by atoms with E-state index in [-0.39, 0.29) is 22.3 Å². The van der Waals surface area contributed by atoms with Crippen LogP contribution in [-0.2, 0) is 10.0 Å². The maximum Gasteiger partial charge on any atom is 0.260 e. The number of allylic oxidation sites excluding steroid dienone is 2. The SMILES string of the molecule is COc1cccc(OC)c1-n1c(NS(=O)(=O)/C(C)=C(\C)c2ncc(F)cn2)nnc1-c1cncc(C)c1. The molecule has 0 aliphatic heterocycles. The summed E-state index contributed by atoms with van der Waals surface area (Å²) in [5.41, 5.74) is 2.08. The fourth-order valence-corrected chi connectivity index (χ4v) is 4.56. The number of benzene rings is 1. The van der Waals surface area contributed by atoms with Gasteiger partial charge in [-0.15, -0.1) is 10.2 Å². The van der Waals surface area contributed by atoms with Gasteiger partial charge in [0.25, 0.3) is 10.0 Å². The number of sulfonamides is 1. The molecule has 0 aliphatic carbocycles. The summed E-state index contributed by atoms with van der Waals surface area (Å²) >= 11 is 0. The van der Waals surface area contributed by atoms with Crippen molar-refractivity contribution in [3.05, 3.63) is 71.2 Å². The smallest absolute Gasteiger partial charge is 0.260 e. The number of aromatic nitrogens is 6. The standard InChI is InChI=1S/C24H24FN7O4S/c1-14-9-17(11-26-10-14)23-29-30-24(32(23)21-19(35-4)7-6-8-20(21)36-5)31-37(33,34)16(3)15(2)22-27-12-18(25)13-28-22/h6-13H,1-5H3,(H,30,31)/b16-15+. The van der Waals surface area contributed by atoms with Crippen molar-refractivity contribution in [1.29, 1.82) is 0 Å². The number of nitrogens with zero attached hydrogens (tertiary/aromatic N) is 6. The van der Waals surface area contributed by atoms with Gasteiger partial charge in [0.15, 0.2) is 17.5 Å². The van der Waals surface area contributed by atoms with E-state index < -0.39 is 15.8 Å². The van der Waals surface area contributed by atoms with Crippen LogP contribution in [0.2, 0.25) is 0 Å². The number of hydrogen-bond donors (Lipinski definition) is 1. The van der Waals surface area contributed by atoms with E-state index in [1.807, 2.05) is 13.0 Å². The molecule has 0 aliphatic rings. The highest BCUT2D eigenvalue weighted by Gasteiger charge is 2.27. The van der Waals surface area contributed by atoms with E-state index in [4.69, 9.17) is 9.47 Å². The number of ether oxygens (including phenoxy) is 2. The van der Waals surface area contributed by atoms with Gasteiger partial charge in [0.1, 0.15) is 17.2 Å². The fourth-order valence-electron chi connectivity index (χ4n) is 3.54. The van der Waals surface area contributed by atoms with Crippen LogP contribution in [0.15, 0.2) is 54.0 Å². The highest BCUT2D eigenvalue weighted by atomic mass is 32.2. The maximum absolute atomic E-state index is 13.4. The highest BCUT2D eigenvalue weighted by molar-refractivity contribution is 7.96. The molecule has 3 heterocycles. The second-order valence-electron chi connectivity index (χ2n) is 7.96. The molecule has 0 amide bonds. The summed E-state index contributed by atoms with van der Waals surface area (Å²) in [4.78, 5) is 11.9. The average molecular weight is 526 g/mol. The lowest BCUT2D eigenvalue weighted by Crippen LogP contribution is -2.18. The summed E-state index contributed by atoms with van der Waals surface area (Å²) in [6.45, 7) is 4.79. The summed E-state index contributed by atoms with van der Waals surface area (Å²) in [5, 5.41) is 8.40. The van der Waals surface area contributed by atoms with E-state index in [9.17, 15) is 12.8 Å². The predicted molar refractivity (Wildman–Crippen MR) is 135 cm³/mol. The molecule has 1 N–H and O–H groups in total. The van der Waals surface area contributed by atoms with Gasteiger partial charge in [0.2, 0.25) is 5.95 Å². The molecule has 4 rings (SSSR count). The van der Waals surface area contributed by atoms with Crippen LogP contribution in [0.1, 0.15) is 25.2 Å². The Morgan fingerprint density at radius 1 is 1.00 bits per heavy atom. The Labute approximate surface area is 213 Å². The summed E-state index contributed by atoms with van der Waals surface area (Å²) < 4.78 is 55.2. The molecule has 37 heavy (non-hydrogen) atoms. The fraction of sp³-hybridized carbons (Fsp3) is 0.208. The number of aryl methyl sites for hydroxylation is 1. The van der Waals surface area contributed by atoms with Crippen molar-refractivity contribution in [2.24, 2.45) is 0 Å². The van der Waals surface area contributed by atoms with Crippen molar-refractivity contribution in [2.45, 2.75) is 20.8 Å². The molecule has 0 atom stereocenters. The lowest BCUT2D eigenvalue weighted by atomic mass is 10.2. The molecular weight excluding hydrogens is 501 g/mol. The number of rotatable bonds is 8. The second kappa shape index (κ2) is 10.3. The van der Waals surface area contributed by atoms with Crippen LogP contribution in [0.25, 0.3) is 22.6 Å². The lowest BCUT2D eigenvalue weighted by Gasteiger charge is -2.18. The zero-order valence-corrected chi connectivity index (χ0v) is 21.5. The lowest BCUT2D eigenvalue weighted by molar-refractivity contribution is 0.391. The van der Waals surface area contributed by atoms with Gasteiger partial charge in [-0.1, -0.05) is 6.07 Å². The Morgan fingerprint density at radius 2 is 1.65 bits per heavy atom. The Kier molecular flexibility index (Phi) is 7.16. The first-order valence-electron chi connectivity index (χ1n) is 10.9. The zero-order chi connectivity index (χ0) is 26.7. The monoisotopic (exact) mass is 525 g/mol. The number of hydrogen-bond acceptors (Lipinski definition) is 9. The molecule has 3 aromatic heterocycles. The third kappa shape index (κ3) is 5.11. The number of nitrogens with one attached hydrogen (secondary N) is 1. The summed E-state index contributed by atoms with van der Waals surface area (Å²) in [5.74, 6) is 0.411. The Morgan fingerprint density at radius 3 is 2.24 bits per heavy atom. The molecule has 0 fully saturated rings. The van der Waals surface area contributed by atoms with Crippen molar-refractivity contribution in [3.63, 3.8) is 0 Å². The van der Waals surface area contributed by atoms with E-state index in [2.05, 4.69) is 29.9 Å². The van der Waals surface area contributed by atoms with Crippen molar-refractivity contribution in [2.75, 3.05) is 18.9 Å². The van der Waals surface area contributed by atoms with E-state index in [0.29, 0.717) is 28.6 Å². The molecule has 0 radical (unpaired) electrons. The molecule has 0 saturated heterocycles. The molecule has 0 bridgehead atoms. The van der Waals surface area contributed by atoms with Gasteiger partial charge in [-0.2, -0.15) is 0 Å². The number of para-hydroxylation sites is 1. The van der Waals surface area contributed by atoms with E-state index in [1.54, 1.807) is 30.6 Å². The molecule has 0 saturated carbocycles. The van der Waals surface area contributed by atoms with Crippen LogP contribution >= 0.6 is 0 Å². The zero-order valence-electron chi connectivity index (χ0n) is 20.7. The van der Waals surface area contributed by atoms with Crippen LogP contribution < -0.4 is 14.2 Å². The van der Waals surface area contributed by atoms with E-state index >= 15 is 0 Å². The first kappa shape index (κ1) is 25.7. The number of anilines is 1. The summed E-state index contributed by atoms with van der Waals surface area (Å²) in [6.07, 6.45) is 5.21. The Hall–Kier alpha value is -4.39. The van der Waals surface area contributed by atoms with Gasteiger partial charge < -0.3 is 9.47 Å². The largest absolute Gasteiger partial charge is 0.494 e. The summed E-state index contributed by atoms with van der Waals surface area (Å²) in [6, 6.07) is 6.99. The molecule has 1 aromatic carbocycles. The Balaban J connectivity index is 1.90. The van der Waals surface area contributed by atoms with Crippen LogP contribution in [0.3, 0.4) is 0 Å². The molecule has 4 aromatic rings. The van der Waals surface area contributed by atoms with Crippen LogP contribution in [0.5, 0.6) is 11.5 Å². The van der Waals surface area contributed by atoms with Gasteiger partial charge in [-0.25, -0.2) is 27.5 Å². The predicted octanol–water partition coefficient (Wildman–Crippen LogP) is 3.78. The quantitative estimate of drug-likeness (QED) is 0.365. The number of methoxy groups -OCH3 is 2. The van der Waals surface area contributed by atoms with Gasteiger partial charge >= 0.3 is 0 Å². The molecule has 13 heteroatoms. The van der Waals surface area contributed by atoms with Crippen molar-refractivity contribution in [1.82, 2.24) is 29.7 Å². The van der Waals surface area contributed by atoms with E-state index in [0.717, 1.165) is 18.0 Å². The maximum atomic E-state index is 13.4. The molecule has 0 unspecified atom stereocenters. The van der Waals surface area contributed by atoms with Gasteiger partial charge in [0.05, 0.1) is 31.5 Å². The summed E-state index contributed by atoms with van der Waals surface area (Å²) in [7, 11) is -1.21. The van der Waals surface area contributed by atoms with Crippen LogP contribution in [-0.4, -0.2) is 52.4 Å². The van der Waals surface area contributed by atoms with Crippen molar-refractivity contribution < 1.29 is 22.3 Å². The minimum absolute atomic E-state index is 0.0728. The van der Waals surface area contributed by atoms with Gasteiger partial charge in [-0.05, 0) is 44.5 Å². The third-order valence-corrected chi connectivity index (χ3v) is 7.10. The van der Waals surface area contributed by atoms with Crippen molar-refractivity contribution >= 4 is 21.5 Å².